The van der Waals surface area contributed by atoms with Crippen LogP contribution in [-0.4, -0.2) is 11.1 Å². The number of carboxylic acid groups (broad SMARTS) is 1. The number of halogens is 1. The molecule has 1 aromatic carbocycles. The van der Waals surface area contributed by atoms with Crippen LogP contribution in [0.4, 0.5) is 4.39 Å². The van der Waals surface area contributed by atoms with E-state index in [1.165, 1.54) is 0 Å². The minimum absolute atomic E-state index is 0.0581. The van der Waals surface area contributed by atoms with Crippen molar-refractivity contribution in [2.45, 2.75) is 25.4 Å². The van der Waals surface area contributed by atoms with E-state index in [1.807, 2.05) is 13.0 Å². The molecule has 3 heteroatoms. The predicted molar refractivity (Wildman–Crippen MR) is 49.9 cm³/mol. The van der Waals surface area contributed by atoms with E-state index >= 15 is 0 Å². The van der Waals surface area contributed by atoms with E-state index in [0.717, 1.165) is 11.1 Å². The van der Waals surface area contributed by atoms with Gasteiger partial charge in [-0.25, -0.2) is 9.18 Å². The molecule has 2 rings (SSSR count). The summed E-state index contributed by atoms with van der Waals surface area (Å²) < 4.78 is 14.0. The first kappa shape index (κ1) is 9.19. The monoisotopic (exact) mass is 194 g/mol. The summed E-state index contributed by atoms with van der Waals surface area (Å²) in [5.41, 5.74) is 0.00660. The lowest BCUT2D eigenvalue weighted by Crippen LogP contribution is -2.27. The van der Waals surface area contributed by atoms with Gasteiger partial charge in [-0.05, 0) is 24.5 Å². The van der Waals surface area contributed by atoms with Crippen molar-refractivity contribution in [3.05, 3.63) is 34.9 Å². The normalized spacial score (nSPS) is 24.7. The van der Waals surface area contributed by atoms with Crippen LogP contribution in [0.5, 0.6) is 0 Å². The van der Waals surface area contributed by atoms with Crippen molar-refractivity contribution in [3.63, 3.8) is 0 Å². The molecule has 0 aromatic heterocycles. The molecule has 0 bridgehead atoms. The van der Waals surface area contributed by atoms with Gasteiger partial charge in [0.15, 0.2) is 0 Å². The van der Waals surface area contributed by atoms with Crippen LogP contribution in [0.25, 0.3) is 0 Å². The summed E-state index contributed by atoms with van der Waals surface area (Å²) in [6.07, 6.45) is 0.577. The van der Waals surface area contributed by atoms with E-state index in [4.69, 9.17) is 5.11 Å². The van der Waals surface area contributed by atoms with Crippen LogP contribution in [0, 0.1) is 6.92 Å². The van der Waals surface area contributed by atoms with Crippen LogP contribution in [0.3, 0.4) is 0 Å². The Morgan fingerprint density at radius 2 is 2.29 bits per heavy atom. The maximum absolute atomic E-state index is 14.0. The molecule has 0 aliphatic heterocycles. The molecule has 1 aliphatic rings. The Hall–Kier alpha value is -1.38. The van der Waals surface area contributed by atoms with Crippen molar-refractivity contribution in [2.75, 3.05) is 0 Å². The molecule has 74 valence electrons. The maximum atomic E-state index is 14.0. The number of alkyl halides is 1. The standard InChI is InChI=1S/C11H11FO2/c1-7-3-2-4-9-8(7)5-6-11(9,12)10(13)14/h2-4H,5-6H2,1H3,(H,13,14). The van der Waals surface area contributed by atoms with Crippen LogP contribution in [-0.2, 0) is 16.9 Å². The minimum Gasteiger partial charge on any atom is -0.479 e. The van der Waals surface area contributed by atoms with E-state index in [2.05, 4.69) is 0 Å². The Bertz CT molecular complexity index is 400. The minimum atomic E-state index is -2.17. The highest BCUT2D eigenvalue weighted by Gasteiger charge is 2.46. The number of rotatable bonds is 1. The van der Waals surface area contributed by atoms with Gasteiger partial charge in [-0.3, -0.25) is 0 Å². The Balaban J connectivity index is 2.60. The molecule has 0 saturated heterocycles. The number of hydrogen-bond acceptors (Lipinski definition) is 1. The Kier molecular flexibility index (Phi) is 1.84. The average molecular weight is 194 g/mol. The van der Waals surface area contributed by atoms with Crippen molar-refractivity contribution in [3.8, 4) is 0 Å². The molecule has 1 unspecified atom stereocenters. The smallest absolute Gasteiger partial charge is 0.346 e. The van der Waals surface area contributed by atoms with Gasteiger partial charge in [-0.15, -0.1) is 0 Å². The molecule has 0 heterocycles. The second-order valence-corrected chi connectivity index (χ2v) is 3.71. The SMILES string of the molecule is Cc1cccc2c1CCC2(F)C(=O)O. The second kappa shape index (κ2) is 2.80. The second-order valence-electron chi connectivity index (χ2n) is 3.71. The fourth-order valence-corrected chi connectivity index (χ4v) is 2.06. The van der Waals surface area contributed by atoms with Crippen LogP contribution < -0.4 is 0 Å². The Morgan fingerprint density at radius 3 is 2.93 bits per heavy atom. The zero-order valence-electron chi connectivity index (χ0n) is 7.88. The quantitative estimate of drug-likeness (QED) is 0.744. The molecule has 1 atom stereocenters. The summed E-state index contributed by atoms with van der Waals surface area (Å²) in [7, 11) is 0. The molecule has 0 radical (unpaired) electrons. The van der Waals surface area contributed by atoms with Gasteiger partial charge in [0.2, 0.25) is 5.67 Å². The molecule has 0 amide bonds. The third-order valence-electron chi connectivity index (χ3n) is 2.90. The highest BCUT2D eigenvalue weighted by atomic mass is 19.1. The predicted octanol–water partition coefficient (Wildman–Crippen LogP) is 2.19. The van der Waals surface area contributed by atoms with Crippen molar-refractivity contribution < 1.29 is 14.3 Å². The molecular weight excluding hydrogens is 183 g/mol. The summed E-state index contributed by atoms with van der Waals surface area (Å²) in [6.45, 7) is 1.88. The third kappa shape index (κ3) is 1.05. The third-order valence-corrected chi connectivity index (χ3v) is 2.90. The van der Waals surface area contributed by atoms with Gasteiger partial charge in [0.05, 0.1) is 0 Å². The molecule has 0 saturated carbocycles. The van der Waals surface area contributed by atoms with Crippen LogP contribution >= 0.6 is 0 Å². The molecule has 1 aliphatic carbocycles. The van der Waals surface area contributed by atoms with Gasteiger partial charge >= 0.3 is 5.97 Å². The lowest BCUT2D eigenvalue weighted by atomic mass is 9.97. The molecule has 1 N–H and O–H groups in total. The fourth-order valence-electron chi connectivity index (χ4n) is 2.06. The molecule has 1 aromatic rings. The van der Waals surface area contributed by atoms with Gasteiger partial charge in [-0.2, -0.15) is 0 Å². The topological polar surface area (TPSA) is 37.3 Å². The number of carboxylic acids is 1. The number of aliphatic carboxylic acids is 1. The first-order chi connectivity index (χ1) is 6.55. The highest BCUT2D eigenvalue weighted by molar-refractivity contribution is 5.81. The summed E-state index contributed by atoms with van der Waals surface area (Å²) in [4.78, 5) is 10.8. The van der Waals surface area contributed by atoms with Crippen molar-refractivity contribution in [2.24, 2.45) is 0 Å². The number of aryl methyl sites for hydroxylation is 1. The summed E-state index contributed by atoms with van der Waals surface area (Å²) in [5.74, 6) is -1.37. The summed E-state index contributed by atoms with van der Waals surface area (Å²) >= 11 is 0. The van der Waals surface area contributed by atoms with Crippen LogP contribution in [0.15, 0.2) is 18.2 Å². The summed E-state index contributed by atoms with van der Waals surface area (Å²) in [5, 5.41) is 8.84. The van der Waals surface area contributed by atoms with Crippen molar-refractivity contribution in [1.29, 1.82) is 0 Å². The van der Waals surface area contributed by atoms with E-state index in [9.17, 15) is 9.18 Å². The largest absolute Gasteiger partial charge is 0.479 e. The Labute approximate surface area is 81.4 Å². The number of carbonyl (C=O) groups is 1. The first-order valence-electron chi connectivity index (χ1n) is 4.57. The van der Waals surface area contributed by atoms with Crippen LogP contribution in [0.1, 0.15) is 23.1 Å². The summed E-state index contributed by atoms with van der Waals surface area (Å²) in [6, 6.07) is 5.16. The lowest BCUT2D eigenvalue weighted by molar-refractivity contribution is -0.151. The van der Waals surface area contributed by atoms with Gasteiger partial charge in [0.1, 0.15) is 0 Å². The molecule has 0 fully saturated rings. The van der Waals surface area contributed by atoms with Crippen LogP contribution in [0.2, 0.25) is 0 Å². The van der Waals surface area contributed by atoms with Crippen molar-refractivity contribution in [1.82, 2.24) is 0 Å². The van der Waals surface area contributed by atoms with Gasteiger partial charge in [0, 0.05) is 12.0 Å². The van der Waals surface area contributed by atoms with Gasteiger partial charge in [0.25, 0.3) is 0 Å². The Morgan fingerprint density at radius 1 is 1.57 bits per heavy atom. The van der Waals surface area contributed by atoms with E-state index < -0.39 is 11.6 Å². The number of hydrogen-bond donors (Lipinski definition) is 1. The molecule has 14 heavy (non-hydrogen) atoms. The van der Waals surface area contributed by atoms with Crippen molar-refractivity contribution >= 4 is 5.97 Å². The zero-order chi connectivity index (χ0) is 10.3. The maximum Gasteiger partial charge on any atom is 0.346 e. The van der Waals surface area contributed by atoms with Gasteiger partial charge in [-0.1, -0.05) is 18.2 Å². The molecule has 2 nitrogen and oxygen atoms in total. The zero-order valence-corrected chi connectivity index (χ0v) is 7.88. The fraction of sp³-hybridized carbons (Fsp3) is 0.364. The van der Waals surface area contributed by atoms with E-state index in [-0.39, 0.29) is 6.42 Å². The van der Waals surface area contributed by atoms with Gasteiger partial charge < -0.3 is 5.11 Å². The number of fused-ring (bicyclic) bond motifs is 1. The highest BCUT2D eigenvalue weighted by Crippen LogP contribution is 2.41. The average Bonchev–Trinajstić information content (AvgIpc) is 2.47. The molecular formula is C11H11FO2. The number of benzene rings is 1. The molecule has 0 spiro atoms. The lowest BCUT2D eigenvalue weighted by Gasteiger charge is -2.15. The van der Waals surface area contributed by atoms with E-state index in [0.29, 0.717) is 12.0 Å². The first-order valence-corrected chi connectivity index (χ1v) is 4.57. The van der Waals surface area contributed by atoms with E-state index in [1.54, 1.807) is 12.1 Å².